The highest BCUT2D eigenvalue weighted by atomic mass is 79.9. The first-order chi connectivity index (χ1) is 3.91. The Morgan fingerprint density at radius 3 is 2.62 bits per heavy atom. The Morgan fingerprint density at radius 1 is 1.38 bits per heavy atom. The molecule has 2 heteroatoms. The first-order valence-electron chi connectivity index (χ1n) is 2.78. The van der Waals surface area contributed by atoms with E-state index in [1.54, 1.807) is 0 Å². The van der Waals surface area contributed by atoms with Gasteiger partial charge in [0.25, 0.3) is 0 Å². The smallest absolute Gasteiger partial charge is 0.0431 e. The van der Waals surface area contributed by atoms with E-state index < -0.39 is 0 Å². The van der Waals surface area contributed by atoms with E-state index in [0.717, 1.165) is 19.3 Å². The van der Waals surface area contributed by atoms with E-state index in [0.29, 0.717) is 6.61 Å². The van der Waals surface area contributed by atoms with Gasteiger partial charge < -0.3 is 5.11 Å². The van der Waals surface area contributed by atoms with Crippen LogP contribution in [-0.4, -0.2) is 11.7 Å². The molecule has 0 amide bonds. The molecule has 0 aromatic heterocycles. The van der Waals surface area contributed by atoms with Crippen molar-refractivity contribution in [2.75, 3.05) is 6.61 Å². The molecule has 0 aromatic rings. The molecule has 0 aliphatic heterocycles. The van der Waals surface area contributed by atoms with Crippen LogP contribution in [0.15, 0.2) is 11.1 Å². The number of unbranched alkanes of at least 4 members (excludes halogenated alkanes) is 2. The lowest BCUT2D eigenvalue weighted by Gasteiger charge is -1.88. The van der Waals surface area contributed by atoms with Crippen LogP contribution >= 0.6 is 15.9 Å². The molecule has 0 atom stereocenters. The SMILES string of the molecule is OCCCCC=CBr. The molecule has 0 spiro atoms. The van der Waals surface area contributed by atoms with Crippen molar-refractivity contribution < 1.29 is 5.11 Å². The summed E-state index contributed by atoms with van der Waals surface area (Å²) in [6.07, 6.45) is 5.09. The van der Waals surface area contributed by atoms with E-state index in [9.17, 15) is 0 Å². The number of rotatable bonds is 4. The highest BCUT2D eigenvalue weighted by Gasteiger charge is 1.79. The van der Waals surface area contributed by atoms with Crippen molar-refractivity contribution in [1.82, 2.24) is 0 Å². The highest BCUT2D eigenvalue weighted by molar-refractivity contribution is 9.11. The maximum atomic E-state index is 8.33. The second-order valence-corrected chi connectivity index (χ2v) is 2.11. The lowest BCUT2D eigenvalue weighted by atomic mass is 10.2. The average Bonchev–Trinajstić information content (AvgIpc) is 1.81. The summed E-state index contributed by atoms with van der Waals surface area (Å²) in [7, 11) is 0. The third-order valence-electron chi connectivity index (χ3n) is 0.868. The van der Waals surface area contributed by atoms with Crippen LogP contribution in [-0.2, 0) is 0 Å². The van der Waals surface area contributed by atoms with Crippen LogP contribution in [0.25, 0.3) is 0 Å². The maximum Gasteiger partial charge on any atom is 0.0431 e. The Balaban J connectivity index is 2.72. The van der Waals surface area contributed by atoms with Gasteiger partial charge in [-0.2, -0.15) is 0 Å². The second kappa shape index (κ2) is 7.18. The van der Waals surface area contributed by atoms with Gasteiger partial charge in [0, 0.05) is 6.61 Å². The molecule has 8 heavy (non-hydrogen) atoms. The van der Waals surface area contributed by atoms with Crippen molar-refractivity contribution in [1.29, 1.82) is 0 Å². The summed E-state index contributed by atoms with van der Waals surface area (Å²) < 4.78 is 0. The van der Waals surface area contributed by atoms with Gasteiger partial charge in [0.15, 0.2) is 0 Å². The fraction of sp³-hybridized carbons (Fsp3) is 0.667. The number of hydrogen-bond donors (Lipinski definition) is 1. The Kier molecular flexibility index (Phi) is 7.34. The topological polar surface area (TPSA) is 20.2 Å². The molecule has 0 heterocycles. The van der Waals surface area contributed by atoms with Crippen LogP contribution < -0.4 is 0 Å². The van der Waals surface area contributed by atoms with E-state index in [1.165, 1.54) is 0 Å². The number of aliphatic hydroxyl groups excluding tert-OH is 1. The van der Waals surface area contributed by atoms with Gasteiger partial charge in [-0.05, 0) is 24.2 Å². The molecule has 0 unspecified atom stereocenters. The molecular formula is C6H11BrO. The van der Waals surface area contributed by atoms with Crippen LogP contribution in [0.2, 0.25) is 0 Å². The number of allylic oxidation sites excluding steroid dienone is 1. The molecule has 0 saturated carbocycles. The fourth-order valence-corrected chi connectivity index (χ4v) is 0.701. The van der Waals surface area contributed by atoms with Crippen molar-refractivity contribution in [3.63, 3.8) is 0 Å². The first kappa shape index (κ1) is 8.18. The van der Waals surface area contributed by atoms with Crippen molar-refractivity contribution in [3.05, 3.63) is 11.1 Å². The second-order valence-electron chi connectivity index (χ2n) is 1.58. The number of hydrogen-bond acceptors (Lipinski definition) is 1. The molecule has 0 radical (unpaired) electrons. The zero-order valence-corrected chi connectivity index (χ0v) is 6.39. The summed E-state index contributed by atoms with van der Waals surface area (Å²) in [6.45, 7) is 0.316. The van der Waals surface area contributed by atoms with Crippen LogP contribution in [0.4, 0.5) is 0 Å². The zero-order chi connectivity index (χ0) is 6.24. The monoisotopic (exact) mass is 178 g/mol. The van der Waals surface area contributed by atoms with Crippen LogP contribution in [0.5, 0.6) is 0 Å². The Labute approximate surface area is 58.5 Å². The molecule has 0 aliphatic carbocycles. The normalized spacial score (nSPS) is 10.8. The van der Waals surface area contributed by atoms with E-state index in [4.69, 9.17) is 5.11 Å². The quantitative estimate of drug-likeness (QED) is 0.655. The molecule has 0 saturated heterocycles. The fourth-order valence-electron chi connectivity index (χ4n) is 0.437. The molecule has 1 N–H and O–H groups in total. The minimum Gasteiger partial charge on any atom is -0.396 e. The van der Waals surface area contributed by atoms with Crippen LogP contribution in [0, 0.1) is 0 Å². The van der Waals surface area contributed by atoms with Gasteiger partial charge in [-0.15, -0.1) is 0 Å². The summed E-state index contributed by atoms with van der Waals surface area (Å²) in [5.41, 5.74) is 0. The van der Waals surface area contributed by atoms with E-state index >= 15 is 0 Å². The molecule has 0 fully saturated rings. The Bertz CT molecular complexity index is 61.5. The van der Waals surface area contributed by atoms with Gasteiger partial charge in [-0.25, -0.2) is 0 Å². The maximum absolute atomic E-state index is 8.33. The number of aliphatic hydroxyl groups is 1. The van der Waals surface area contributed by atoms with Crippen molar-refractivity contribution in [3.8, 4) is 0 Å². The Morgan fingerprint density at radius 2 is 2.12 bits per heavy atom. The van der Waals surface area contributed by atoms with Gasteiger partial charge in [0.1, 0.15) is 0 Å². The molecular weight excluding hydrogens is 168 g/mol. The van der Waals surface area contributed by atoms with E-state index in [-0.39, 0.29) is 0 Å². The lowest BCUT2D eigenvalue weighted by molar-refractivity contribution is 0.285. The average molecular weight is 179 g/mol. The van der Waals surface area contributed by atoms with Gasteiger partial charge in [-0.1, -0.05) is 22.0 Å². The summed E-state index contributed by atoms with van der Waals surface area (Å²) in [4.78, 5) is 1.85. The third kappa shape index (κ3) is 6.18. The molecule has 0 bridgehead atoms. The number of halogens is 1. The van der Waals surface area contributed by atoms with Crippen molar-refractivity contribution in [2.45, 2.75) is 19.3 Å². The van der Waals surface area contributed by atoms with Crippen LogP contribution in [0.3, 0.4) is 0 Å². The minimum absolute atomic E-state index is 0.316. The standard InChI is InChI=1S/C6H11BrO/c7-5-3-1-2-4-6-8/h3,5,8H,1-2,4,6H2. The summed E-state index contributed by atoms with van der Waals surface area (Å²) in [5, 5.41) is 8.33. The van der Waals surface area contributed by atoms with Gasteiger partial charge >= 0.3 is 0 Å². The predicted molar refractivity (Wildman–Crippen MR) is 39.0 cm³/mol. The summed E-state index contributed by atoms with van der Waals surface area (Å²) >= 11 is 3.16. The largest absolute Gasteiger partial charge is 0.396 e. The predicted octanol–water partition coefficient (Wildman–Crippen LogP) is 2.06. The molecule has 1 nitrogen and oxygen atoms in total. The minimum atomic E-state index is 0.316. The van der Waals surface area contributed by atoms with Gasteiger partial charge in [0.05, 0.1) is 0 Å². The molecule has 0 rings (SSSR count). The Hall–Kier alpha value is 0.180. The molecule has 0 aliphatic rings. The van der Waals surface area contributed by atoms with Crippen LogP contribution in [0.1, 0.15) is 19.3 Å². The molecule has 48 valence electrons. The van der Waals surface area contributed by atoms with Crippen molar-refractivity contribution >= 4 is 15.9 Å². The zero-order valence-electron chi connectivity index (χ0n) is 4.81. The highest BCUT2D eigenvalue weighted by Crippen LogP contribution is 1.96. The van der Waals surface area contributed by atoms with Crippen molar-refractivity contribution in [2.24, 2.45) is 0 Å². The van der Waals surface area contributed by atoms with E-state index in [1.807, 2.05) is 11.1 Å². The summed E-state index contributed by atoms with van der Waals surface area (Å²) in [6, 6.07) is 0. The van der Waals surface area contributed by atoms with E-state index in [2.05, 4.69) is 15.9 Å². The first-order valence-corrected chi connectivity index (χ1v) is 3.69. The van der Waals surface area contributed by atoms with Gasteiger partial charge in [0.2, 0.25) is 0 Å². The summed E-state index contributed by atoms with van der Waals surface area (Å²) in [5.74, 6) is 0. The molecule has 0 aromatic carbocycles. The lowest BCUT2D eigenvalue weighted by Crippen LogP contribution is -1.79. The van der Waals surface area contributed by atoms with Gasteiger partial charge in [-0.3, -0.25) is 0 Å². The third-order valence-corrected chi connectivity index (χ3v) is 1.24.